The molecule has 0 unspecified atom stereocenters. The number of likely N-dealkylation sites (N-methyl/N-ethyl adjacent to an activating group) is 1. The lowest BCUT2D eigenvalue weighted by molar-refractivity contribution is -0.124. The van der Waals surface area contributed by atoms with Crippen molar-refractivity contribution in [2.45, 2.75) is 32.4 Å². The van der Waals surface area contributed by atoms with Gasteiger partial charge in [0.2, 0.25) is 5.91 Å². The number of nitrogens with zero attached hydrogens (tertiary/aromatic N) is 5. The molecule has 1 N–H and O–H groups in total. The van der Waals surface area contributed by atoms with Gasteiger partial charge in [-0.1, -0.05) is 0 Å². The predicted molar refractivity (Wildman–Crippen MR) is 80.9 cm³/mol. The van der Waals surface area contributed by atoms with Crippen LogP contribution in [0.1, 0.15) is 26.8 Å². The molecule has 118 valence electrons. The molecule has 0 spiro atoms. The standard InChI is InChI=1S/C14H26N6O/c1-12(20-11-15-10-17-20)13(21)16-9-14(2,3)19-7-5-18(4)6-8-19/h10-12H,5-9H2,1-4H3,(H,16,21)/t12-/m1/s1. The molecule has 1 fully saturated rings. The Morgan fingerprint density at radius 1 is 1.33 bits per heavy atom. The van der Waals surface area contributed by atoms with E-state index >= 15 is 0 Å². The third-order valence-electron chi connectivity index (χ3n) is 4.27. The lowest BCUT2D eigenvalue weighted by atomic mass is 10.0. The summed E-state index contributed by atoms with van der Waals surface area (Å²) in [5, 5.41) is 7.05. The summed E-state index contributed by atoms with van der Waals surface area (Å²) in [5.41, 5.74) is -0.0427. The van der Waals surface area contributed by atoms with E-state index in [-0.39, 0.29) is 17.5 Å². The van der Waals surface area contributed by atoms with Crippen molar-refractivity contribution in [2.24, 2.45) is 0 Å². The number of hydrogen-bond acceptors (Lipinski definition) is 5. The van der Waals surface area contributed by atoms with Crippen LogP contribution in [0.5, 0.6) is 0 Å². The van der Waals surface area contributed by atoms with Crippen LogP contribution < -0.4 is 5.32 Å². The average Bonchev–Trinajstić information content (AvgIpc) is 2.98. The fraction of sp³-hybridized carbons (Fsp3) is 0.786. The molecule has 1 aliphatic rings. The molecular weight excluding hydrogens is 268 g/mol. The third kappa shape index (κ3) is 4.01. The van der Waals surface area contributed by atoms with E-state index in [9.17, 15) is 4.79 Å². The summed E-state index contributed by atoms with van der Waals surface area (Å²) in [6, 6.07) is -0.337. The maximum Gasteiger partial charge on any atom is 0.244 e. The molecule has 0 aromatic carbocycles. The van der Waals surface area contributed by atoms with Crippen molar-refractivity contribution in [3.63, 3.8) is 0 Å². The molecule has 1 aliphatic heterocycles. The summed E-state index contributed by atoms with van der Waals surface area (Å²) < 4.78 is 1.57. The number of rotatable bonds is 5. The number of carbonyl (C=O) groups excluding carboxylic acids is 1. The molecule has 2 heterocycles. The molecule has 0 radical (unpaired) electrons. The van der Waals surface area contributed by atoms with Gasteiger partial charge in [-0.05, 0) is 27.8 Å². The first-order valence-electron chi connectivity index (χ1n) is 7.45. The van der Waals surface area contributed by atoms with E-state index in [4.69, 9.17) is 0 Å². The quantitative estimate of drug-likeness (QED) is 0.827. The first-order chi connectivity index (χ1) is 9.90. The number of aromatic nitrogens is 3. The second kappa shape index (κ2) is 6.53. The Morgan fingerprint density at radius 3 is 2.57 bits per heavy atom. The molecule has 21 heavy (non-hydrogen) atoms. The summed E-state index contributed by atoms with van der Waals surface area (Å²) >= 11 is 0. The van der Waals surface area contributed by atoms with Crippen LogP contribution >= 0.6 is 0 Å². The normalized spacial score (nSPS) is 19.4. The maximum atomic E-state index is 12.2. The van der Waals surface area contributed by atoms with Gasteiger partial charge in [-0.15, -0.1) is 0 Å². The number of carbonyl (C=O) groups is 1. The van der Waals surface area contributed by atoms with Crippen LogP contribution in [0.2, 0.25) is 0 Å². The Balaban J connectivity index is 1.85. The van der Waals surface area contributed by atoms with Crippen LogP contribution in [-0.2, 0) is 4.79 Å². The van der Waals surface area contributed by atoms with E-state index in [0.29, 0.717) is 6.54 Å². The molecule has 0 aliphatic carbocycles. The summed E-state index contributed by atoms with van der Waals surface area (Å²) in [7, 11) is 2.14. The van der Waals surface area contributed by atoms with E-state index in [1.54, 1.807) is 11.0 Å². The monoisotopic (exact) mass is 294 g/mol. The van der Waals surface area contributed by atoms with Gasteiger partial charge in [0.05, 0.1) is 0 Å². The molecule has 7 heteroatoms. The van der Waals surface area contributed by atoms with Crippen molar-refractivity contribution >= 4 is 5.91 Å². The lowest BCUT2D eigenvalue weighted by Gasteiger charge is -2.43. The van der Waals surface area contributed by atoms with Crippen molar-refractivity contribution in [1.29, 1.82) is 0 Å². The van der Waals surface area contributed by atoms with E-state index in [2.05, 4.69) is 46.1 Å². The van der Waals surface area contributed by atoms with Crippen molar-refractivity contribution < 1.29 is 4.79 Å². The van der Waals surface area contributed by atoms with Gasteiger partial charge in [-0.3, -0.25) is 9.69 Å². The summed E-state index contributed by atoms with van der Waals surface area (Å²) in [6.07, 6.45) is 3.01. The van der Waals surface area contributed by atoms with Gasteiger partial charge < -0.3 is 10.2 Å². The van der Waals surface area contributed by atoms with Crippen LogP contribution in [0.25, 0.3) is 0 Å². The van der Waals surface area contributed by atoms with Crippen LogP contribution in [-0.4, -0.2) is 75.8 Å². The predicted octanol–water partition coefficient (Wildman–Crippen LogP) is -0.0187. The van der Waals surface area contributed by atoms with Gasteiger partial charge in [0, 0.05) is 38.3 Å². The zero-order valence-electron chi connectivity index (χ0n) is 13.4. The Kier molecular flexibility index (Phi) is 4.95. The highest BCUT2D eigenvalue weighted by molar-refractivity contribution is 5.79. The van der Waals surface area contributed by atoms with Crippen molar-refractivity contribution in [3.05, 3.63) is 12.7 Å². The minimum absolute atomic E-state index is 0.0253. The highest BCUT2D eigenvalue weighted by Crippen LogP contribution is 2.16. The van der Waals surface area contributed by atoms with Crippen LogP contribution in [0, 0.1) is 0 Å². The Labute approximate surface area is 126 Å². The minimum atomic E-state index is -0.337. The average molecular weight is 294 g/mol. The van der Waals surface area contributed by atoms with Gasteiger partial charge in [-0.2, -0.15) is 5.10 Å². The lowest BCUT2D eigenvalue weighted by Crippen LogP contribution is -2.58. The maximum absolute atomic E-state index is 12.2. The van der Waals surface area contributed by atoms with Gasteiger partial charge in [-0.25, -0.2) is 9.67 Å². The topological polar surface area (TPSA) is 66.3 Å². The van der Waals surface area contributed by atoms with Crippen molar-refractivity contribution in [3.8, 4) is 0 Å². The van der Waals surface area contributed by atoms with Crippen molar-refractivity contribution in [2.75, 3.05) is 39.8 Å². The van der Waals surface area contributed by atoms with Crippen LogP contribution in [0.3, 0.4) is 0 Å². The molecule has 0 saturated carbocycles. The van der Waals surface area contributed by atoms with Gasteiger partial charge in [0.15, 0.2) is 0 Å². The molecular formula is C14H26N6O. The van der Waals surface area contributed by atoms with Crippen LogP contribution in [0.15, 0.2) is 12.7 Å². The zero-order valence-corrected chi connectivity index (χ0v) is 13.4. The minimum Gasteiger partial charge on any atom is -0.352 e. The van der Waals surface area contributed by atoms with Gasteiger partial charge in [0.1, 0.15) is 18.7 Å². The number of piperazine rings is 1. The molecule has 1 aromatic rings. The summed E-state index contributed by atoms with van der Waals surface area (Å²) in [6.45, 7) is 11.0. The number of hydrogen-bond donors (Lipinski definition) is 1. The molecule has 1 aromatic heterocycles. The molecule has 1 atom stereocenters. The van der Waals surface area contributed by atoms with Crippen molar-refractivity contribution in [1.82, 2.24) is 29.9 Å². The summed E-state index contributed by atoms with van der Waals surface area (Å²) in [5.74, 6) is -0.0253. The van der Waals surface area contributed by atoms with E-state index in [1.807, 2.05) is 6.92 Å². The van der Waals surface area contributed by atoms with E-state index in [1.165, 1.54) is 6.33 Å². The second-order valence-electron chi connectivity index (χ2n) is 6.37. The molecule has 7 nitrogen and oxygen atoms in total. The third-order valence-corrected chi connectivity index (χ3v) is 4.27. The molecule has 0 bridgehead atoms. The first kappa shape index (κ1) is 15.9. The van der Waals surface area contributed by atoms with E-state index < -0.39 is 0 Å². The SMILES string of the molecule is C[C@H](C(=O)NCC(C)(C)N1CCN(C)CC1)n1cncn1. The molecule has 1 amide bonds. The van der Waals surface area contributed by atoms with Gasteiger partial charge in [0.25, 0.3) is 0 Å². The fourth-order valence-electron chi connectivity index (χ4n) is 2.51. The highest BCUT2D eigenvalue weighted by Gasteiger charge is 2.30. The largest absolute Gasteiger partial charge is 0.352 e. The second-order valence-corrected chi connectivity index (χ2v) is 6.37. The zero-order chi connectivity index (χ0) is 15.5. The fourth-order valence-corrected chi connectivity index (χ4v) is 2.51. The Hall–Kier alpha value is -1.47. The molecule has 1 saturated heterocycles. The Morgan fingerprint density at radius 2 is 2.00 bits per heavy atom. The molecule has 2 rings (SSSR count). The number of amides is 1. The van der Waals surface area contributed by atoms with E-state index in [0.717, 1.165) is 26.2 Å². The smallest absolute Gasteiger partial charge is 0.244 e. The number of nitrogens with one attached hydrogen (secondary N) is 1. The highest BCUT2D eigenvalue weighted by atomic mass is 16.2. The van der Waals surface area contributed by atoms with Crippen LogP contribution in [0.4, 0.5) is 0 Å². The summed E-state index contributed by atoms with van der Waals surface area (Å²) in [4.78, 5) is 20.8. The Bertz CT molecular complexity index is 450. The van der Waals surface area contributed by atoms with Gasteiger partial charge >= 0.3 is 0 Å². The first-order valence-corrected chi connectivity index (χ1v) is 7.45.